The minimum absolute atomic E-state index is 0.0373. The number of H-pyrrole nitrogens is 1. The van der Waals surface area contributed by atoms with Gasteiger partial charge in [0.15, 0.2) is 5.16 Å². The van der Waals surface area contributed by atoms with E-state index in [0.717, 1.165) is 29.3 Å². The number of thioether (sulfide) groups is 1. The van der Waals surface area contributed by atoms with Crippen molar-refractivity contribution >= 4 is 29.4 Å². The molecule has 3 heterocycles. The number of amides is 1. The van der Waals surface area contributed by atoms with Gasteiger partial charge in [0.25, 0.3) is 17.3 Å². The summed E-state index contributed by atoms with van der Waals surface area (Å²) >= 11 is 1.06. The molecule has 0 aliphatic rings. The molecule has 0 unspecified atom stereocenters. The van der Waals surface area contributed by atoms with Gasteiger partial charge in [-0.2, -0.15) is 14.6 Å². The first-order valence-electron chi connectivity index (χ1n) is 6.57. The van der Waals surface area contributed by atoms with Gasteiger partial charge in [-0.05, 0) is 19.9 Å². The van der Waals surface area contributed by atoms with Gasteiger partial charge in [0.2, 0.25) is 5.91 Å². The quantitative estimate of drug-likeness (QED) is 0.636. The smallest absolute Gasteiger partial charge is 0.270 e. The molecule has 0 radical (unpaired) electrons. The Bertz CT molecular complexity index is 934. The fourth-order valence-corrected chi connectivity index (χ4v) is 2.49. The largest absolute Gasteiger partial charge is 0.299 e. The Hall–Kier alpha value is -2.82. The second kappa shape index (κ2) is 6.12. The van der Waals surface area contributed by atoms with Crippen molar-refractivity contribution in [3.63, 3.8) is 0 Å². The van der Waals surface area contributed by atoms with Gasteiger partial charge in [-0.3, -0.25) is 19.9 Å². The van der Waals surface area contributed by atoms with Crippen molar-refractivity contribution in [2.45, 2.75) is 19.0 Å². The van der Waals surface area contributed by atoms with Crippen molar-refractivity contribution in [3.05, 3.63) is 34.0 Å². The number of nitrogens with one attached hydrogen (secondary N) is 2. The summed E-state index contributed by atoms with van der Waals surface area (Å²) in [7, 11) is 0. The lowest BCUT2D eigenvalue weighted by molar-refractivity contribution is -0.113. The van der Waals surface area contributed by atoms with Crippen LogP contribution in [0.3, 0.4) is 0 Å². The summed E-state index contributed by atoms with van der Waals surface area (Å²) in [6, 6.07) is 1.87. The zero-order valence-corrected chi connectivity index (χ0v) is 13.1. The Kier molecular flexibility index (Phi) is 4.02. The monoisotopic (exact) mass is 332 g/mol. The first-order valence-corrected chi connectivity index (χ1v) is 7.55. The average molecular weight is 332 g/mol. The molecule has 3 aromatic heterocycles. The van der Waals surface area contributed by atoms with Crippen molar-refractivity contribution in [2.24, 2.45) is 0 Å². The third-order valence-electron chi connectivity index (χ3n) is 2.76. The van der Waals surface area contributed by atoms with E-state index in [2.05, 4.69) is 35.6 Å². The molecule has 10 nitrogen and oxygen atoms in total. The van der Waals surface area contributed by atoms with Gasteiger partial charge in [-0.25, -0.2) is 4.98 Å². The minimum Gasteiger partial charge on any atom is -0.299 e. The molecule has 2 N–H and O–H groups in total. The highest BCUT2D eigenvalue weighted by Crippen LogP contribution is 2.11. The molecule has 0 atom stereocenters. The molecule has 0 spiro atoms. The molecule has 23 heavy (non-hydrogen) atoms. The SMILES string of the molecule is Cc1cc(C)n2nc(NC(=O)CSc3nncc(=O)[nH]3)nc2n1. The van der Waals surface area contributed by atoms with Crippen molar-refractivity contribution in [2.75, 3.05) is 11.1 Å². The molecule has 0 saturated carbocycles. The highest BCUT2D eigenvalue weighted by Gasteiger charge is 2.11. The number of rotatable bonds is 4. The van der Waals surface area contributed by atoms with Crippen molar-refractivity contribution in [1.29, 1.82) is 0 Å². The lowest BCUT2D eigenvalue weighted by Crippen LogP contribution is -2.16. The van der Waals surface area contributed by atoms with Crippen LogP contribution in [0.1, 0.15) is 11.4 Å². The Morgan fingerprint density at radius 3 is 3.00 bits per heavy atom. The summed E-state index contributed by atoms with van der Waals surface area (Å²) in [5.41, 5.74) is 1.32. The molecule has 0 aliphatic heterocycles. The molecule has 118 valence electrons. The van der Waals surface area contributed by atoms with Crippen LogP contribution in [0.15, 0.2) is 22.2 Å². The van der Waals surface area contributed by atoms with E-state index in [4.69, 9.17) is 0 Å². The van der Waals surface area contributed by atoms with E-state index in [1.165, 1.54) is 0 Å². The Morgan fingerprint density at radius 2 is 2.22 bits per heavy atom. The predicted octanol–water partition coefficient (Wildman–Crippen LogP) is -0.0498. The van der Waals surface area contributed by atoms with Crippen LogP contribution in [-0.4, -0.2) is 46.4 Å². The number of fused-ring (bicyclic) bond motifs is 1. The van der Waals surface area contributed by atoms with E-state index >= 15 is 0 Å². The number of carbonyl (C=O) groups is 1. The van der Waals surface area contributed by atoms with Crippen LogP contribution in [0, 0.1) is 13.8 Å². The standard InChI is InChI=1S/C12H12N8O2S/c1-6-3-7(2)20-11(14-6)17-10(19-20)15-9(22)5-23-12-16-8(21)4-13-18-12/h3-4H,5H2,1-2H3,(H,15,19,22)(H,16,18,21). The van der Waals surface area contributed by atoms with Gasteiger partial charge in [0, 0.05) is 11.4 Å². The summed E-state index contributed by atoms with van der Waals surface area (Å²) in [5.74, 6) is 0.301. The number of nitrogens with zero attached hydrogens (tertiary/aromatic N) is 6. The van der Waals surface area contributed by atoms with Gasteiger partial charge >= 0.3 is 0 Å². The fourth-order valence-electron chi connectivity index (χ4n) is 1.88. The topological polar surface area (TPSA) is 131 Å². The fraction of sp³-hybridized carbons (Fsp3) is 0.250. The Morgan fingerprint density at radius 1 is 1.39 bits per heavy atom. The molecular formula is C12H12N8O2S. The van der Waals surface area contributed by atoms with Crippen LogP contribution in [-0.2, 0) is 4.79 Å². The first kappa shape index (κ1) is 15.1. The third kappa shape index (κ3) is 3.51. The Balaban J connectivity index is 1.68. The van der Waals surface area contributed by atoms with Crippen LogP contribution < -0.4 is 10.9 Å². The summed E-state index contributed by atoms with van der Waals surface area (Å²) in [6.45, 7) is 3.74. The van der Waals surface area contributed by atoms with E-state index in [1.54, 1.807) is 4.52 Å². The van der Waals surface area contributed by atoms with Gasteiger partial charge in [-0.15, -0.1) is 10.2 Å². The van der Waals surface area contributed by atoms with Crippen LogP contribution in [0.25, 0.3) is 5.78 Å². The van der Waals surface area contributed by atoms with Crippen LogP contribution in [0.4, 0.5) is 5.95 Å². The summed E-state index contributed by atoms with van der Waals surface area (Å²) in [5, 5.41) is 14.2. The van der Waals surface area contributed by atoms with Gasteiger partial charge in [0.05, 0.1) is 5.75 Å². The van der Waals surface area contributed by atoms with Crippen molar-refractivity contribution in [1.82, 2.24) is 34.8 Å². The van der Waals surface area contributed by atoms with Crippen LogP contribution >= 0.6 is 11.8 Å². The van der Waals surface area contributed by atoms with Gasteiger partial charge in [-0.1, -0.05) is 11.8 Å². The molecule has 3 aromatic rings. The highest BCUT2D eigenvalue weighted by atomic mass is 32.2. The summed E-state index contributed by atoms with van der Waals surface area (Å²) in [4.78, 5) is 33.9. The lowest BCUT2D eigenvalue weighted by atomic mass is 10.4. The van der Waals surface area contributed by atoms with E-state index in [0.29, 0.717) is 5.78 Å². The second-order valence-electron chi connectivity index (χ2n) is 4.66. The normalized spacial score (nSPS) is 10.9. The van der Waals surface area contributed by atoms with Crippen molar-refractivity contribution < 1.29 is 4.79 Å². The average Bonchev–Trinajstić information content (AvgIpc) is 2.88. The van der Waals surface area contributed by atoms with Crippen LogP contribution in [0.5, 0.6) is 0 Å². The molecule has 0 saturated heterocycles. The lowest BCUT2D eigenvalue weighted by Gasteiger charge is -1.99. The summed E-state index contributed by atoms with van der Waals surface area (Å²) in [6.07, 6.45) is 1.06. The van der Waals surface area contributed by atoms with Gasteiger partial charge in [0.1, 0.15) is 6.20 Å². The van der Waals surface area contributed by atoms with Gasteiger partial charge < -0.3 is 0 Å². The maximum atomic E-state index is 11.9. The highest BCUT2D eigenvalue weighted by molar-refractivity contribution is 7.99. The molecule has 0 aliphatic carbocycles. The third-order valence-corrected chi connectivity index (χ3v) is 3.63. The molecule has 0 bridgehead atoms. The van der Waals surface area contributed by atoms with E-state index in [1.807, 2.05) is 19.9 Å². The molecule has 3 rings (SSSR count). The van der Waals surface area contributed by atoms with Crippen LogP contribution in [0.2, 0.25) is 0 Å². The maximum Gasteiger partial charge on any atom is 0.270 e. The van der Waals surface area contributed by atoms with E-state index in [-0.39, 0.29) is 28.3 Å². The number of hydrogen-bond acceptors (Lipinski definition) is 8. The zero-order chi connectivity index (χ0) is 16.4. The number of hydrogen-bond donors (Lipinski definition) is 2. The predicted molar refractivity (Wildman–Crippen MR) is 82.3 cm³/mol. The maximum absolute atomic E-state index is 11.9. The van der Waals surface area contributed by atoms with E-state index < -0.39 is 0 Å². The molecule has 0 aromatic carbocycles. The number of aromatic nitrogens is 7. The first-order chi connectivity index (χ1) is 11.0. The zero-order valence-electron chi connectivity index (χ0n) is 12.3. The Labute approximate surface area is 133 Å². The second-order valence-corrected chi connectivity index (χ2v) is 5.63. The van der Waals surface area contributed by atoms with E-state index in [9.17, 15) is 9.59 Å². The number of anilines is 1. The number of aryl methyl sites for hydroxylation is 2. The molecule has 1 amide bonds. The van der Waals surface area contributed by atoms with Crippen molar-refractivity contribution in [3.8, 4) is 0 Å². The molecular weight excluding hydrogens is 320 g/mol. The minimum atomic E-state index is -0.373. The molecule has 0 fully saturated rings. The number of carbonyl (C=O) groups excluding carboxylic acids is 1. The number of aromatic amines is 1. The molecule has 11 heteroatoms. The summed E-state index contributed by atoms with van der Waals surface area (Å²) < 4.78 is 1.55.